The van der Waals surface area contributed by atoms with Crippen molar-refractivity contribution in [2.45, 2.75) is 68.9 Å². The number of nitrogens with two attached hydrogens (primary N) is 1. The van der Waals surface area contributed by atoms with E-state index in [0.29, 0.717) is 5.69 Å². The molecular formula is C34H36N2O10. The van der Waals surface area contributed by atoms with Crippen LogP contribution >= 0.6 is 0 Å². The molecule has 2 aliphatic carbocycles. The van der Waals surface area contributed by atoms with Crippen molar-refractivity contribution in [2.75, 3.05) is 19.0 Å². The van der Waals surface area contributed by atoms with Crippen LogP contribution in [0.2, 0.25) is 0 Å². The lowest BCUT2D eigenvalue weighted by atomic mass is 9.72. The van der Waals surface area contributed by atoms with Gasteiger partial charge in [-0.3, -0.25) is 14.9 Å². The van der Waals surface area contributed by atoms with Crippen molar-refractivity contribution >= 4 is 23.3 Å². The molecule has 242 valence electrons. The first-order chi connectivity index (χ1) is 22.0. The summed E-state index contributed by atoms with van der Waals surface area (Å²) < 4.78 is 23.2. The highest BCUT2D eigenvalue weighted by Gasteiger charge is 2.47. The Morgan fingerprint density at radius 3 is 2.28 bits per heavy atom. The lowest BCUT2D eigenvalue weighted by molar-refractivity contribution is -0.251. The molecule has 1 heterocycles. The number of para-hydroxylation sites is 1. The summed E-state index contributed by atoms with van der Waals surface area (Å²) >= 11 is 0. The maximum Gasteiger partial charge on any atom is 0.411 e. The van der Waals surface area contributed by atoms with Crippen LogP contribution in [-0.4, -0.2) is 76.8 Å². The largest absolute Gasteiger partial charge is 0.507 e. The molecule has 0 spiro atoms. The second kappa shape index (κ2) is 12.5. The average Bonchev–Trinajstić information content (AvgIpc) is 3.01. The number of carbonyl (C=O) groups excluding carboxylic acids is 3. The summed E-state index contributed by atoms with van der Waals surface area (Å²) in [5, 5.41) is 37.7. The van der Waals surface area contributed by atoms with Gasteiger partial charge in [0, 0.05) is 66.8 Å². The summed E-state index contributed by atoms with van der Waals surface area (Å²) in [5.74, 6) is -2.29. The fourth-order valence-electron chi connectivity index (χ4n) is 6.79. The minimum Gasteiger partial charge on any atom is -0.507 e. The average molecular weight is 633 g/mol. The van der Waals surface area contributed by atoms with Gasteiger partial charge in [0.2, 0.25) is 0 Å². The highest BCUT2D eigenvalue weighted by atomic mass is 16.7. The van der Waals surface area contributed by atoms with E-state index >= 15 is 0 Å². The lowest BCUT2D eigenvalue weighted by Gasteiger charge is -2.43. The first kappa shape index (κ1) is 31.6. The lowest BCUT2D eigenvalue weighted by Crippen LogP contribution is -2.53. The number of benzene rings is 3. The van der Waals surface area contributed by atoms with Gasteiger partial charge in [0.15, 0.2) is 17.9 Å². The fraction of sp³-hybridized carbons (Fsp3) is 0.382. The molecule has 0 radical (unpaired) electrons. The van der Waals surface area contributed by atoms with Crippen molar-refractivity contribution in [3.8, 4) is 11.5 Å². The minimum absolute atomic E-state index is 0.0483. The van der Waals surface area contributed by atoms with Crippen molar-refractivity contribution in [1.29, 1.82) is 0 Å². The molecule has 1 saturated heterocycles. The van der Waals surface area contributed by atoms with Gasteiger partial charge < -0.3 is 40.0 Å². The Morgan fingerprint density at radius 2 is 1.65 bits per heavy atom. The minimum atomic E-state index is -1.63. The number of aliphatic hydroxyl groups is 1. The molecule has 3 aromatic carbocycles. The van der Waals surface area contributed by atoms with E-state index in [0.717, 1.165) is 0 Å². The predicted octanol–water partition coefficient (Wildman–Crippen LogP) is 3.72. The maximum absolute atomic E-state index is 13.6. The topological polar surface area (TPSA) is 187 Å². The summed E-state index contributed by atoms with van der Waals surface area (Å²) in [6.07, 6.45) is -3.75. The van der Waals surface area contributed by atoms with E-state index in [1.165, 1.54) is 19.2 Å². The van der Waals surface area contributed by atoms with Crippen LogP contribution in [0.15, 0.2) is 54.6 Å². The Hall–Kier alpha value is -4.33. The van der Waals surface area contributed by atoms with E-state index < -0.39 is 59.3 Å². The first-order valence-electron chi connectivity index (χ1n) is 15.1. The van der Waals surface area contributed by atoms with Gasteiger partial charge in [0.25, 0.3) is 0 Å². The third-order valence-electron chi connectivity index (χ3n) is 8.98. The van der Waals surface area contributed by atoms with Crippen LogP contribution < -0.4 is 11.1 Å². The summed E-state index contributed by atoms with van der Waals surface area (Å²) in [7, 11) is 1.53. The number of amides is 1. The van der Waals surface area contributed by atoms with E-state index in [2.05, 4.69) is 5.32 Å². The number of hydrogen-bond acceptors (Lipinski definition) is 11. The molecule has 0 saturated carbocycles. The smallest absolute Gasteiger partial charge is 0.411 e. The Balaban J connectivity index is 1.33. The molecule has 1 amide bonds. The molecule has 1 aliphatic heterocycles. The van der Waals surface area contributed by atoms with Crippen LogP contribution in [0.5, 0.6) is 11.5 Å². The van der Waals surface area contributed by atoms with Gasteiger partial charge in [-0.2, -0.15) is 0 Å². The number of ether oxygens (including phenoxy) is 4. The quantitative estimate of drug-likeness (QED) is 0.187. The van der Waals surface area contributed by atoms with Crippen molar-refractivity contribution in [3.63, 3.8) is 0 Å². The molecule has 6 atom stereocenters. The number of methoxy groups -OCH3 is 1. The Bertz CT molecular complexity index is 1670. The van der Waals surface area contributed by atoms with Crippen LogP contribution in [-0.2, 0) is 25.4 Å². The molecule has 3 aromatic rings. The number of nitrogens with one attached hydrogen (secondary N) is 1. The van der Waals surface area contributed by atoms with Crippen molar-refractivity contribution in [3.05, 3.63) is 88.0 Å². The highest BCUT2D eigenvalue weighted by Crippen LogP contribution is 2.52. The normalized spacial score (nSPS) is 26.9. The van der Waals surface area contributed by atoms with Crippen molar-refractivity contribution in [1.82, 2.24) is 0 Å². The number of carbonyl (C=O) groups is 3. The third kappa shape index (κ3) is 5.74. The number of hydrogen-bond donors (Lipinski definition) is 5. The van der Waals surface area contributed by atoms with E-state index in [1.54, 1.807) is 49.4 Å². The van der Waals surface area contributed by atoms with Crippen LogP contribution in [0.4, 0.5) is 10.5 Å². The number of phenolic OH excluding ortho intramolecular Hbond substituents is 2. The fourth-order valence-corrected chi connectivity index (χ4v) is 6.79. The summed E-state index contributed by atoms with van der Waals surface area (Å²) in [6.45, 7) is 1.59. The Morgan fingerprint density at radius 1 is 1.02 bits per heavy atom. The van der Waals surface area contributed by atoms with Crippen LogP contribution in [0.1, 0.15) is 75.3 Å². The van der Waals surface area contributed by atoms with E-state index in [4.69, 9.17) is 24.7 Å². The van der Waals surface area contributed by atoms with Gasteiger partial charge in [-0.05, 0) is 19.1 Å². The van der Waals surface area contributed by atoms with Gasteiger partial charge in [-0.25, -0.2) is 4.79 Å². The molecule has 12 nitrogen and oxygen atoms in total. The van der Waals surface area contributed by atoms with Gasteiger partial charge in [0.1, 0.15) is 11.5 Å². The molecule has 3 aliphatic rings. The highest BCUT2D eigenvalue weighted by molar-refractivity contribution is 6.30. The van der Waals surface area contributed by atoms with Gasteiger partial charge in [-0.15, -0.1) is 0 Å². The second-order valence-electron chi connectivity index (χ2n) is 12.0. The zero-order valence-electron chi connectivity index (χ0n) is 25.4. The Kier molecular flexibility index (Phi) is 8.57. The first-order valence-corrected chi connectivity index (χ1v) is 15.1. The van der Waals surface area contributed by atoms with Gasteiger partial charge in [-0.1, -0.05) is 42.5 Å². The maximum atomic E-state index is 13.6. The number of aromatic hydroxyl groups is 2. The van der Waals surface area contributed by atoms with Crippen LogP contribution in [0.3, 0.4) is 0 Å². The molecule has 6 N–H and O–H groups in total. The van der Waals surface area contributed by atoms with Gasteiger partial charge >= 0.3 is 6.09 Å². The number of phenols is 2. The molecule has 0 unspecified atom stereocenters. The predicted molar refractivity (Wildman–Crippen MR) is 164 cm³/mol. The number of ketones is 2. The molecule has 1 fully saturated rings. The molecular weight excluding hydrogens is 596 g/mol. The molecule has 12 heteroatoms. The number of fused-ring (bicyclic) bond motifs is 3. The molecule has 0 aromatic heterocycles. The molecule has 0 bridgehead atoms. The monoisotopic (exact) mass is 632 g/mol. The van der Waals surface area contributed by atoms with Crippen LogP contribution in [0.25, 0.3) is 0 Å². The Labute approximate surface area is 265 Å². The number of rotatable bonds is 7. The number of anilines is 1. The molecule has 46 heavy (non-hydrogen) atoms. The van der Waals surface area contributed by atoms with Crippen LogP contribution in [0, 0.1) is 0 Å². The van der Waals surface area contributed by atoms with E-state index in [1.807, 2.05) is 0 Å². The standard InChI is InChI=1S/C34H36N2O10/c1-17-32(43-2)22(35)14-24(45-17)46-23-16-34(42,12-13-44-33(41)36-18-8-4-3-5-9-18)15-21-25(23)31(40)27-26(30(21)39)28(37)19-10-6-7-11-20(19)29(27)38/h3-11,17,22-24,32,39-40,42H,12-16,35H2,1-2H3,(H,36,41)/t17-,22-,23-,24-,32+,34-/m0/s1. The summed E-state index contributed by atoms with van der Waals surface area (Å²) in [4.78, 5) is 39.6. The zero-order chi connectivity index (χ0) is 32.7. The summed E-state index contributed by atoms with van der Waals surface area (Å²) in [5.41, 5.74) is 4.90. The third-order valence-corrected chi connectivity index (χ3v) is 8.98. The SMILES string of the molecule is CO[C@@H]1[C@H](C)O[C@@H](O[C@H]2C[C@](O)(CCOC(=O)Nc3ccccc3)Cc3c(O)c4c(c(O)c32)C(=O)c2ccccc2C4=O)C[C@@H]1N. The zero-order valence-corrected chi connectivity index (χ0v) is 25.4. The van der Waals surface area contributed by atoms with E-state index in [9.17, 15) is 29.7 Å². The second-order valence-corrected chi connectivity index (χ2v) is 12.0. The molecule has 6 rings (SSSR count). The van der Waals surface area contributed by atoms with E-state index in [-0.39, 0.29) is 71.8 Å². The van der Waals surface area contributed by atoms with Gasteiger partial charge in [0.05, 0.1) is 41.6 Å². The summed E-state index contributed by atoms with van der Waals surface area (Å²) in [6, 6.07) is 14.4. The van der Waals surface area contributed by atoms with Crippen molar-refractivity contribution in [2.24, 2.45) is 5.73 Å². The van der Waals surface area contributed by atoms with Crippen molar-refractivity contribution < 1.29 is 48.7 Å².